The summed E-state index contributed by atoms with van der Waals surface area (Å²) in [4.78, 5) is 16.4. The fourth-order valence-corrected chi connectivity index (χ4v) is 3.97. The highest BCUT2D eigenvalue weighted by Gasteiger charge is 2.42. The number of amides is 1. The topological polar surface area (TPSA) is 80.7 Å². The van der Waals surface area contributed by atoms with Gasteiger partial charge in [0.15, 0.2) is 0 Å². The van der Waals surface area contributed by atoms with Crippen LogP contribution in [-0.4, -0.2) is 42.4 Å². The highest BCUT2D eigenvalue weighted by atomic mass is 19.3. The van der Waals surface area contributed by atoms with E-state index in [1.54, 1.807) is 0 Å². The molecule has 1 heterocycles. The number of pyridine rings is 1. The van der Waals surface area contributed by atoms with E-state index < -0.39 is 24.7 Å². The second-order valence-corrected chi connectivity index (χ2v) is 7.46. The lowest BCUT2D eigenvalue weighted by Gasteiger charge is -2.26. The molecule has 166 valence electrons. The molecule has 1 amide bonds. The summed E-state index contributed by atoms with van der Waals surface area (Å²) in [5.41, 5.74) is 4.16. The van der Waals surface area contributed by atoms with Crippen LogP contribution >= 0.6 is 0 Å². The van der Waals surface area contributed by atoms with Crippen molar-refractivity contribution in [1.82, 2.24) is 10.3 Å². The monoisotopic (exact) mass is 440 g/mol. The maximum atomic E-state index is 14.4. The van der Waals surface area contributed by atoms with Crippen molar-refractivity contribution in [1.29, 1.82) is 0 Å². The van der Waals surface area contributed by atoms with Gasteiger partial charge in [-0.3, -0.25) is 0 Å². The van der Waals surface area contributed by atoms with Crippen LogP contribution in [-0.2, 0) is 4.74 Å². The average Bonchev–Trinajstić information content (AvgIpc) is 3.15. The zero-order chi connectivity index (χ0) is 22.7. The number of benzene rings is 2. The van der Waals surface area contributed by atoms with E-state index in [9.17, 15) is 18.7 Å². The Kier molecular flexibility index (Phi) is 6.05. The van der Waals surface area contributed by atoms with Crippen LogP contribution in [0.1, 0.15) is 28.7 Å². The summed E-state index contributed by atoms with van der Waals surface area (Å²) in [5, 5.41) is 11.4. The van der Waals surface area contributed by atoms with Gasteiger partial charge in [0.25, 0.3) is 5.92 Å². The minimum absolute atomic E-state index is 0.0124. The molecule has 1 aliphatic rings. The number of hydrogen-bond donors (Lipinski definition) is 2. The summed E-state index contributed by atoms with van der Waals surface area (Å²) >= 11 is 0. The summed E-state index contributed by atoms with van der Waals surface area (Å²) in [6.07, 6.45) is 0.150. The zero-order valence-corrected chi connectivity index (χ0v) is 17.3. The number of alkyl carbamates (subject to hydrolysis) is 1. The number of rotatable bonds is 7. The molecule has 8 heteroatoms. The van der Waals surface area contributed by atoms with Gasteiger partial charge in [-0.1, -0.05) is 48.5 Å². The highest BCUT2D eigenvalue weighted by Crippen LogP contribution is 2.44. The molecule has 0 fully saturated rings. The van der Waals surface area contributed by atoms with E-state index in [1.807, 2.05) is 48.5 Å². The SMILES string of the molecule is COc1ccc(C(NC(=O)OCC2c3ccccc3-c3ccccc32)C(F)(F)CO)cn1. The predicted molar refractivity (Wildman–Crippen MR) is 114 cm³/mol. The molecule has 0 radical (unpaired) electrons. The van der Waals surface area contributed by atoms with Gasteiger partial charge in [-0.2, -0.15) is 0 Å². The van der Waals surface area contributed by atoms with Gasteiger partial charge in [-0.25, -0.2) is 18.6 Å². The molecule has 0 saturated heterocycles. The van der Waals surface area contributed by atoms with E-state index in [4.69, 9.17) is 9.47 Å². The molecule has 1 unspecified atom stereocenters. The Morgan fingerprint density at radius 3 is 2.25 bits per heavy atom. The lowest BCUT2D eigenvalue weighted by atomic mass is 9.98. The maximum absolute atomic E-state index is 14.4. The van der Waals surface area contributed by atoms with Crippen LogP contribution in [0.2, 0.25) is 0 Å². The summed E-state index contributed by atoms with van der Waals surface area (Å²) in [6.45, 7) is -1.47. The van der Waals surface area contributed by atoms with Crippen molar-refractivity contribution < 1.29 is 28.2 Å². The lowest BCUT2D eigenvalue weighted by Crippen LogP contribution is -2.43. The van der Waals surface area contributed by atoms with E-state index in [1.165, 1.54) is 19.2 Å². The van der Waals surface area contributed by atoms with Crippen LogP contribution in [0, 0.1) is 0 Å². The molecule has 2 N–H and O–H groups in total. The average molecular weight is 440 g/mol. The summed E-state index contributed by atoms with van der Waals surface area (Å²) in [7, 11) is 1.40. The highest BCUT2D eigenvalue weighted by molar-refractivity contribution is 5.79. The van der Waals surface area contributed by atoms with Gasteiger partial charge in [0.1, 0.15) is 19.3 Å². The van der Waals surface area contributed by atoms with Crippen molar-refractivity contribution in [3.63, 3.8) is 0 Å². The van der Waals surface area contributed by atoms with Crippen LogP contribution in [0.4, 0.5) is 13.6 Å². The van der Waals surface area contributed by atoms with Gasteiger partial charge in [0.2, 0.25) is 5.88 Å². The Morgan fingerprint density at radius 1 is 1.09 bits per heavy atom. The number of aromatic nitrogens is 1. The zero-order valence-electron chi connectivity index (χ0n) is 17.3. The fourth-order valence-electron chi connectivity index (χ4n) is 3.97. The lowest BCUT2D eigenvalue weighted by molar-refractivity contribution is -0.0798. The number of carbonyl (C=O) groups excluding carboxylic acids is 1. The van der Waals surface area contributed by atoms with Crippen LogP contribution in [0.3, 0.4) is 0 Å². The molecular formula is C24H22F2N2O4. The van der Waals surface area contributed by atoms with E-state index in [0.717, 1.165) is 28.5 Å². The molecule has 2 aromatic carbocycles. The number of carbonyl (C=O) groups is 1. The van der Waals surface area contributed by atoms with Crippen LogP contribution in [0.5, 0.6) is 5.88 Å². The van der Waals surface area contributed by atoms with Crippen molar-refractivity contribution in [2.45, 2.75) is 17.9 Å². The molecule has 0 saturated carbocycles. The molecule has 3 aromatic rings. The number of nitrogens with one attached hydrogen (secondary N) is 1. The first-order valence-electron chi connectivity index (χ1n) is 10.0. The third kappa shape index (κ3) is 4.13. The van der Waals surface area contributed by atoms with Crippen molar-refractivity contribution in [2.75, 3.05) is 20.3 Å². The van der Waals surface area contributed by atoms with E-state index in [2.05, 4.69) is 10.3 Å². The molecule has 0 aliphatic heterocycles. The number of halogens is 2. The Bertz CT molecular complexity index is 1060. The van der Waals surface area contributed by atoms with Gasteiger partial charge < -0.3 is 19.9 Å². The van der Waals surface area contributed by atoms with Crippen LogP contribution in [0.15, 0.2) is 66.9 Å². The van der Waals surface area contributed by atoms with Crippen LogP contribution < -0.4 is 10.1 Å². The Morgan fingerprint density at radius 2 is 1.72 bits per heavy atom. The number of alkyl halides is 2. The number of methoxy groups -OCH3 is 1. The molecule has 6 nitrogen and oxygen atoms in total. The number of ether oxygens (including phenoxy) is 2. The Labute approximate surface area is 183 Å². The van der Waals surface area contributed by atoms with Crippen molar-refractivity contribution in [2.24, 2.45) is 0 Å². The molecule has 0 bridgehead atoms. The fraction of sp³-hybridized carbons (Fsp3) is 0.250. The first kappa shape index (κ1) is 21.7. The third-order valence-corrected chi connectivity index (χ3v) is 5.54. The molecule has 1 atom stereocenters. The predicted octanol–water partition coefficient (Wildman–Crippen LogP) is 4.30. The van der Waals surface area contributed by atoms with Gasteiger partial charge >= 0.3 is 6.09 Å². The standard InChI is InChI=1S/C24H22F2N2O4/c1-31-21-11-10-15(12-27-21)22(24(25,26)14-29)28-23(30)32-13-20-18-8-4-2-6-16(18)17-7-3-5-9-19(17)20/h2-12,20,22,29H,13-14H2,1H3,(H,28,30). The number of aliphatic hydroxyl groups excluding tert-OH is 1. The molecule has 4 rings (SSSR count). The summed E-state index contributed by atoms with van der Waals surface area (Å²) < 4.78 is 39.1. The third-order valence-electron chi connectivity index (χ3n) is 5.54. The molecular weight excluding hydrogens is 418 g/mol. The summed E-state index contributed by atoms with van der Waals surface area (Å²) in [6, 6.07) is 16.6. The second-order valence-electron chi connectivity index (χ2n) is 7.46. The van der Waals surface area contributed by atoms with Gasteiger partial charge in [0, 0.05) is 18.2 Å². The largest absolute Gasteiger partial charge is 0.481 e. The Balaban J connectivity index is 1.50. The van der Waals surface area contributed by atoms with Gasteiger partial charge in [-0.15, -0.1) is 0 Å². The minimum Gasteiger partial charge on any atom is -0.481 e. The van der Waals surface area contributed by atoms with E-state index in [0.29, 0.717) is 0 Å². The minimum atomic E-state index is -3.62. The van der Waals surface area contributed by atoms with Gasteiger partial charge in [0.05, 0.1) is 7.11 Å². The van der Waals surface area contributed by atoms with Crippen molar-refractivity contribution in [3.05, 3.63) is 83.6 Å². The Hall–Kier alpha value is -3.52. The molecule has 32 heavy (non-hydrogen) atoms. The van der Waals surface area contributed by atoms with Gasteiger partial charge in [-0.05, 0) is 33.9 Å². The number of nitrogens with zero attached hydrogens (tertiary/aromatic N) is 1. The molecule has 0 spiro atoms. The van der Waals surface area contributed by atoms with Crippen LogP contribution in [0.25, 0.3) is 11.1 Å². The number of hydrogen-bond acceptors (Lipinski definition) is 5. The smallest absolute Gasteiger partial charge is 0.407 e. The van der Waals surface area contributed by atoms with Crippen molar-refractivity contribution in [3.8, 4) is 17.0 Å². The number of aliphatic hydroxyl groups is 1. The van der Waals surface area contributed by atoms with E-state index in [-0.39, 0.29) is 24.0 Å². The maximum Gasteiger partial charge on any atom is 0.407 e. The van der Waals surface area contributed by atoms with Crippen molar-refractivity contribution >= 4 is 6.09 Å². The molecule has 1 aromatic heterocycles. The second kappa shape index (κ2) is 8.92. The first-order valence-corrected chi connectivity index (χ1v) is 10.0. The summed E-state index contributed by atoms with van der Waals surface area (Å²) in [5.74, 6) is -3.59. The quantitative estimate of drug-likeness (QED) is 0.573. The van der Waals surface area contributed by atoms with E-state index >= 15 is 0 Å². The first-order chi connectivity index (χ1) is 15.4. The normalized spacial score (nSPS) is 13.8. The number of fused-ring (bicyclic) bond motifs is 3. The molecule has 1 aliphatic carbocycles.